The molecule has 5 rings (SSSR count). The van der Waals surface area contributed by atoms with E-state index in [-0.39, 0.29) is 11.9 Å². The van der Waals surface area contributed by atoms with Crippen LogP contribution in [-0.2, 0) is 0 Å². The Bertz CT molecular complexity index is 1130. The number of rotatable bonds is 3. The van der Waals surface area contributed by atoms with Gasteiger partial charge < -0.3 is 9.88 Å². The van der Waals surface area contributed by atoms with Crippen molar-refractivity contribution in [3.8, 4) is 11.3 Å². The third-order valence-electron chi connectivity index (χ3n) is 5.28. The Morgan fingerprint density at radius 3 is 2.74 bits per heavy atom. The smallest absolute Gasteiger partial charge is 0.270 e. The quantitative estimate of drug-likeness (QED) is 0.585. The highest BCUT2D eigenvalue weighted by Gasteiger charge is 2.34. The van der Waals surface area contributed by atoms with Gasteiger partial charge in [0.05, 0.1) is 17.9 Å². The Labute approximate surface area is 156 Å². The Morgan fingerprint density at radius 2 is 2.04 bits per heavy atom. The van der Waals surface area contributed by atoms with E-state index < -0.39 is 0 Å². The van der Waals surface area contributed by atoms with E-state index in [1.807, 2.05) is 48.2 Å². The third-order valence-corrected chi connectivity index (χ3v) is 5.28. The van der Waals surface area contributed by atoms with Gasteiger partial charge in [-0.15, -0.1) is 0 Å². The van der Waals surface area contributed by atoms with Crippen LogP contribution < -0.4 is 0 Å². The molecule has 1 aliphatic heterocycles. The summed E-state index contributed by atoms with van der Waals surface area (Å²) >= 11 is 0. The average molecular weight is 357 g/mol. The largest absolute Gasteiger partial charge is 0.335 e. The number of nitrogens with zero attached hydrogens (tertiary/aromatic N) is 3. The van der Waals surface area contributed by atoms with E-state index in [0.717, 1.165) is 35.3 Å². The molecule has 134 valence electrons. The Hall–Kier alpha value is -3.41. The summed E-state index contributed by atoms with van der Waals surface area (Å²) < 4.78 is 0. The molecule has 0 bridgehead atoms. The zero-order valence-electron chi connectivity index (χ0n) is 14.9. The summed E-state index contributed by atoms with van der Waals surface area (Å²) in [5.74, 6) is 0.0224. The number of aryl methyl sites for hydroxylation is 1. The molecule has 0 unspecified atom stereocenters. The molecule has 4 aromatic rings. The van der Waals surface area contributed by atoms with Crippen molar-refractivity contribution in [1.82, 2.24) is 25.1 Å². The molecular formula is C21H19N5O. The first-order valence-corrected chi connectivity index (χ1v) is 9.07. The van der Waals surface area contributed by atoms with Crippen LogP contribution in [0.2, 0.25) is 0 Å². The van der Waals surface area contributed by atoms with Crippen molar-refractivity contribution in [1.29, 1.82) is 0 Å². The Kier molecular flexibility index (Phi) is 3.57. The number of benzene rings is 1. The predicted molar refractivity (Wildman–Crippen MR) is 103 cm³/mol. The summed E-state index contributed by atoms with van der Waals surface area (Å²) in [6.45, 7) is 2.74. The second-order valence-corrected chi connectivity index (χ2v) is 6.94. The van der Waals surface area contributed by atoms with E-state index in [2.05, 4.69) is 32.3 Å². The monoisotopic (exact) mass is 357 g/mol. The number of likely N-dealkylation sites (tertiary alicyclic amines) is 1. The van der Waals surface area contributed by atoms with Gasteiger partial charge in [0.2, 0.25) is 0 Å². The van der Waals surface area contributed by atoms with Crippen molar-refractivity contribution in [2.45, 2.75) is 19.4 Å². The van der Waals surface area contributed by atoms with Crippen molar-refractivity contribution >= 4 is 16.9 Å². The molecule has 0 spiro atoms. The predicted octanol–water partition coefficient (Wildman–Crippen LogP) is 3.85. The molecule has 1 fully saturated rings. The zero-order valence-corrected chi connectivity index (χ0v) is 14.9. The van der Waals surface area contributed by atoms with Crippen molar-refractivity contribution in [2.75, 3.05) is 6.54 Å². The minimum atomic E-state index is 0.0224. The number of carbonyl (C=O) groups excluding carboxylic acids is 1. The Morgan fingerprint density at radius 1 is 1.19 bits per heavy atom. The van der Waals surface area contributed by atoms with Gasteiger partial charge in [0.1, 0.15) is 11.3 Å². The third kappa shape index (κ3) is 2.61. The summed E-state index contributed by atoms with van der Waals surface area (Å²) in [7, 11) is 0. The summed E-state index contributed by atoms with van der Waals surface area (Å²) in [4.78, 5) is 22.8. The van der Waals surface area contributed by atoms with Gasteiger partial charge in [-0.2, -0.15) is 5.10 Å². The number of H-pyrrole nitrogens is 2. The molecule has 27 heavy (non-hydrogen) atoms. The molecule has 1 atom stereocenters. The lowest BCUT2D eigenvalue weighted by atomic mass is 9.94. The van der Waals surface area contributed by atoms with Crippen LogP contribution in [0.1, 0.15) is 34.2 Å². The van der Waals surface area contributed by atoms with Gasteiger partial charge in [0.25, 0.3) is 5.91 Å². The number of nitrogens with one attached hydrogen (secondary N) is 2. The first-order valence-electron chi connectivity index (χ1n) is 9.07. The van der Waals surface area contributed by atoms with Crippen LogP contribution in [0.5, 0.6) is 0 Å². The van der Waals surface area contributed by atoms with Crippen LogP contribution in [0, 0.1) is 6.92 Å². The number of aromatic amines is 2. The number of amides is 1. The zero-order chi connectivity index (χ0) is 18.4. The fourth-order valence-electron chi connectivity index (χ4n) is 3.69. The van der Waals surface area contributed by atoms with Crippen LogP contribution >= 0.6 is 0 Å². The molecule has 0 aliphatic carbocycles. The molecular weight excluding hydrogens is 338 g/mol. The molecule has 1 aliphatic rings. The summed E-state index contributed by atoms with van der Waals surface area (Å²) in [6, 6.07) is 16.2. The normalized spacial score (nSPS) is 16.5. The SMILES string of the molecule is Cc1[nH]ncc1-c1ccc2cc(C(=O)N3CC[C@@H]3c3ccccc3)[nH]c2n1. The molecule has 1 amide bonds. The Balaban J connectivity index is 1.45. The van der Waals surface area contributed by atoms with Crippen molar-refractivity contribution in [3.05, 3.63) is 71.7 Å². The molecule has 3 aromatic heterocycles. The lowest BCUT2D eigenvalue weighted by Gasteiger charge is -2.41. The highest BCUT2D eigenvalue weighted by Crippen LogP contribution is 2.34. The van der Waals surface area contributed by atoms with E-state index in [0.29, 0.717) is 11.3 Å². The first-order chi connectivity index (χ1) is 13.2. The van der Waals surface area contributed by atoms with Crippen LogP contribution in [0.3, 0.4) is 0 Å². The molecule has 1 saturated heterocycles. The van der Waals surface area contributed by atoms with Crippen LogP contribution in [-0.4, -0.2) is 37.5 Å². The second kappa shape index (κ2) is 6.09. The molecule has 4 heterocycles. The van der Waals surface area contributed by atoms with Gasteiger partial charge in [-0.1, -0.05) is 30.3 Å². The minimum Gasteiger partial charge on any atom is -0.335 e. The number of fused-ring (bicyclic) bond motifs is 1. The topological polar surface area (TPSA) is 77.7 Å². The number of aromatic nitrogens is 4. The lowest BCUT2D eigenvalue weighted by Crippen LogP contribution is -2.45. The number of hydrogen-bond acceptors (Lipinski definition) is 3. The van der Waals surface area contributed by atoms with Gasteiger partial charge in [0, 0.05) is 23.2 Å². The van der Waals surface area contributed by atoms with Crippen LogP contribution in [0.4, 0.5) is 0 Å². The molecule has 0 saturated carbocycles. The highest BCUT2D eigenvalue weighted by molar-refractivity contribution is 5.98. The fourth-order valence-corrected chi connectivity index (χ4v) is 3.69. The van der Waals surface area contributed by atoms with E-state index in [1.165, 1.54) is 5.56 Å². The summed E-state index contributed by atoms with van der Waals surface area (Å²) in [5, 5.41) is 7.91. The first kappa shape index (κ1) is 15.8. The number of carbonyl (C=O) groups is 1. The second-order valence-electron chi connectivity index (χ2n) is 6.94. The molecule has 0 radical (unpaired) electrons. The summed E-state index contributed by atoms with van der Waals surface area (Å²) in [6.07, 6.45) is 2.77. The molecule has 1 aromatic carbocycles. The summed E-state index contributed by atoms with van der Waals surface area (Å²) in [5.41, 5.74) is 5.25. The molecule has 2 N–H and O–H groups in total. The van der Waals surface area contributed by atoms with Gasteiger partial charge in [-0.25, -0.2) is 4.98 Å². The van der Waals surface area contributed by atoms with E-state index in [9.17, 15) is 4.79 Å². The van der Waals surface area contributed by atoms with Gasteiger partial charge in [-0.05, 0) is 37.1 Å². The maximum absolute atomic E-state index is 13.0. The average Bonchev–Trinajstić information content (AvgIpc) is 3.27. The van der Waals surface area contributed by atoms with Crippen molar-refractivity contribution < 1.29 is 4.79 Å². The molecule has 6 nitrogen and oxygen atoms in total. The minimum absolute atomic E-state index is 0.0224. The molecule has 6 heteroatoms. The van der Waals surface area contributed by atoms with Crippen LogP contribution in [0.15, 0.2) is 54.7 Å². The van der Waals surface area contributed by atoms with E-state index in [1.54, 1.807) is 6.20 Å². The maximum Gasteiger partial charge on any atom is 0.270 e. The van der Waals surface area contributed by atoms with Gasteiger partial charge in [0.15, 0.2) is 0 Å². The van der Waals surface area contributed by atoms with E-state index in [4.69, 9.17) is 0 Å². The van der Waals surface area contributed by atoms with Gasteiger partial charge in [-0.3, -0.25) is 9.89 Å². The highest BCUT2D eigenvalue weighted by atomic mass is 16.2. The van der Waals surface area contributed by atoms with E-state index >= 15 is 0 Å². The number of hydrogen-bond donors (Lipinski definition) is 2. The van der Waals surface area contributed by atoms with Gasteiger partial charge >= 0.3 is 0 Å². The van der Waals surface area contributed by atoms with Crippen LogP contribution in [0.25, 0.3) is 22.3 Å². The van der Waals surface area contributed by atoms with Crippen molar-refractivity contribution in [2.24, 2.45) is 0 Å². The maximum atomic E-state index is 13.0. The standard InChI is InChI=1S/C21H19N5O/c1-13-16(12-22-25-13)17-8-7-15-11-18(24-20(15)23-17)21(27)26-10-9-19(26)14-5-3-2-4-6-14/h2-8,11-12,19H,9-10H2,1H3,(H,22,25)(H,23,24)/t19-/m1/s1. The fraction of sp³-hybridized carbons (Fsp3) is 0.190. The van der Waals surface area contributed by atoms with Crippen molar-refractivity contribution in [3.63, 3.8) is 0 Å². The number of pyridine rings is 1. The lowest BCUT2D eigenvalue weighted by molar-refractivity contribution is 0.0455.